The molecule has 0 aliphatic carbocycles. The van der Waals surface area contributed by atoms with Gasteiger partial charge < -0.3 is 10.1 Å². The fraction of sp³-hybridized carbons (Fsp3) is 0.250. The number of benzene rings is 2. The second-order valence-electron chi connectivity index (χ2n) is 4.57. The van der Waals surface area contributed by atoms with Gasteiger partial charge in [0.1, 0.15) is 6.61 Å². The van der Waals surface area contributed by atoms with Crippen molar-refractivity contribution >= 4 is 27.5 Å². The van der Waals surface area contributed by atoms with Crippen LogP contribution < -0.4 is 10.1 Å². The van der Waals surface area contributed by atoms with Crippen molar-refractivity contribution < 1.29 is 9.13 Å². The number of hydrogen-bond acceptors (Lipinski definition) is 2. The quantitative estimate of drug-likeness (QED) is 0.776. The largest absolute Gasteiger partial charge is 0.486 e. The Kier molecular flexibility index (Phi) is 6.03. The molecular formula is C16H16BrClFNO. The first-order chi connectivity index (χ1) is 10.1. The van der Waals surface area contributed by atoms with Crippen molar-refractivity contribution in [1.82, 2.24) is 5.32 Å². The predicted molar refractivity (Wildman–Crippen MR) is 87.3 cm³/mol. The monoisotopic (exact) mass is 371 g/mol. The maximum atomic E-state index is 14.0. The summed E-state index contributed by atoms with van der Waals surface area (Å²) in [5.41, 5.74) is 1.71. The molecule has 2 rings (SSSR count). The Labute approximate surface area is 137 Å². The van der Waals surface area contributed by atoms with Gasteiger partial charge in [0.15, 0.2) is 11.6 Å². The maximum absolute atomic E-state index is 14.0. The summed E-state index contributed by atoms with van der Waals surface area (Å²) in [5, 5.41) is 3.74. The highest BCUT2D eigenvalue weighted by Crippen LogP contribution is 2.24. The molecule has 0 unspecified atom stereocenters. The topological polar surface area (TPSA) is 21.3 Å². The molecule has 0 saturated heterocycles. The molecule has 0 saturated carbocycles. The Morgan fingerprint density at radius 2 is 2.05 bits per heavy atom. The van der Waals surface area contributed by atoms with Crippen LogP contribution in [0.1, 0.15) is 18.1 Å². The van der Waals surface area contributed by atoms with Gasteiger partial charge in [0, 0.05) is 21.6 Å². The van der Waals surface area contributed by atoms with Gasteiger partial charge in [-0.15, -0.1) is 0 Å². The second-order valence-corrected chi connectivity index (χ2v) is 5.89. The molecule has 1 N–H and O–H groups in total. The van der Waals surface area contributed by atoms with E-state index in [0.717, 1.165) is 22.1 Å². The van der Waals surface area contributed by atoms with Gasteiger partial charge in [-0.2, -0.15) is 0 Å². The Morgan fingerprint density at radius 3 is 2.71 bits per heavy atom. The second kappa shape index (κ2) is 7.78. The maximum Gasteiger partial charge on any atom is 0.165 e. The molecule has 0 aliphatic rings. The van der Waals surface area contributed by atoms with Crippen LogP contribution in [0.3, 0.4) is 0 Å². The van der Waals surface area contributed by atoms with Crippen molar-refractivity contribution in [3.05, 3.63) is 62.8 Å². The van der Waals surface area contributed by atoms with Gasteiger partial charge in [-0.3, -0.25) is 0 Å². The van der Waals surface area contributed by atoms with Gasteiger partial charge in [0.25, 0.3) is 0 Å². The van der Waals surface area contributed by atoms with Gasteiger partial charge in [-0.25, -0.2) is 4.39 Å². The van der Waals surface area contributed by atoms with Gasteiger partial charge in [0.2, 0.25) is 0 Å². The Hall–Kier alpha value is -1.10. The Bertz CT molecular complexity index is 621. The van der Waals surface area contributed by atoms with Crippen LogP contribution in [0.25, 0.3) is 0 Å². The fourth-order valence-corrected chi connectivity index (χ4v) is 2.56. The van der Waals surface area contributed by atoms with Crippen LogP contribution in [-0.4, -0.2) is 6.54 Å². The summed E-state index contributed by atoms with van der Waals surface area (Å²) in [6, 6.07) is 10.5. The highest BCUT2D eigenvalue weighted by molar-refractivity contribution is 9.10. The number of rotatable bonds is 6. The summed E-state index contributed by atoms with van der Waals surface area (Å²) in [6.45, 7) is 3.74. The first kappa shape index (κ1) is 16.3. The average Bonchev–Trinajstić information content (AvgIpc) is 2.45. The zero-order chi connectivity index (χ0) is 15.2. The van der Waals surface area contributed by atoms with Gasteiger partial charge in [-0.05, 0) is 36.4 Å². The lowest BCUT2D eigenvalue weighted by atomic mass is 10.2. The van der Waals surface area contributed by atoms with Gasteiger partial charge in [-0.1, -0.05) is 46.6 Å². The smallest absolute Gasteiger partial charge is 0.165 e. The molecule has 2 aromatic rings. The van der Waals surface area contributed by atoms with E-state index in [2.05, 4.69) is 21.2 Å². The fourth-order valence-electron chi connectivity index (χ4n) is 1.83. The van der Waals surface area contributed by atoms with Crippen molar-refractivity contribution in [1.29, 1.82) is 0 Å². The van der Waals surface area contributed by atoms with Crippen molar-refractivity contribution in [2.45, 2.75) is 20.1 Å². The highest BCUT2D eigenvalue weighted by atomic mass is 79.9. The molecule has 5 heteroatoms. The molecule has 21 heavy (non-hydrogen) atoms. The van der Waals surface area contributed by atoms with E-state index >= 15 is 0 Å². The minimum absolute atomic E-state index is 0.231. The lowest BCUT2D eigenvalue weighted by Crippen LogP contribution is -2.11. The SMILES string of the molecule is CCNCc1ccc(OCc2ccc(Br)cc2Cl)c(F)c1. The molecule has 0 aliphatic heterocycles. The first-order valence-electron chi connectivity index (χ1n) is 6.66. The van der Waals surface area contributed by atoms with Gasteiger partial charge >= 0.3 is 0 Å². The van der Waals surface area contributed by atoms with E-state index in [9.17, 15) is 4.39 Å². The van der Waals surface area contributed by atoms with E-state index in [1.807, 2.05) is 25.1 Å². The lowest BCUT2D eigenvalue weighted by molar-refractivity contribution is 0.290. The molecule has 112 valence electrons. The Morgan fingerprint density at radius 1 is 1.24 bits per heavy atom. The summed E-state index contributed by atoms with van der Waals surface area (Å²) in [6.07, 6.45) is 0. The summed E-state index contributed by atoms with van der Waals surface area (Å²) in [7, 11) is 0. The summed E-state index contributed by atoms with van der Waals surface area (Å²) in [5.74, 6) is -0.132. The first-order valence-corrected chi connectivity index (χ1v) is 7.83. The number of ether oxygens (including phenoxy) is 1. The number of nitrogens with one attached hydrogen (secondary N) is 1. The lowest BCUT2D eigenvalue weighted by Gasteiger charge is -2.10. The van der Waals surface area contributed by atoms with Crippen LogP contribution in [0.15, 0.2) is 40.9 Å². The molecule has 0 spiro atoms. The molecule has 0 fully saturated rings. The molecule has 0 atom stereocenters. The van der Waals surface area contributed by atoms with Crippen molar-refractivity contribution in [2.24, 2.45) is 0 Å². The Balaban J connectivity index is 2.02. The zero-order valence-electron chi connectivity index (χ0n) is 11.6. The van der Waals surface area contributed by atoms with E-state index < -0.39 is 0 Å². The van der Waals surface area contributed by atoms with Crippen LogP contribution >= 0.6 is 27.5 Å². The van der Waals surface area contributed by atoms with E-state index in [1.54, 1.807) is 12.1 Å². The normalized spacial score (nSPS) is 10.7. The van der Waals surface area contributed by atoms with E-state index in [0.29, 0.717) is 11.6 Å². The zero-order valence-corrected chi connectivity index (χ0v) is 14.0. The molecule has 2 nitrogen and oxygen atoms in total. The standard InChI is InChI=1S/C16H16BrClFNO/c1-2-20-9-11-3-6-16(15(19)7-11)21-10-12-4-5-13(17)8-14(12)18/h3-8,20H,2,9-10H2,1H3. The molecule has 2 aromatic carbocycles. The minimum atomic E-state index is -0.362. The molecular weight excluding hydrogens is 357 g/mol. The van der Waals surface area contributed by atoms with Crippen molar-refractivity contribution in [3.8, 4) is 5.75 Å². The molecule has 0 heterocycles. The van der Waals surface area contributed by atoms with Crippen molar-refractivity contribution in [2.75, 3.05) is 6.54 Å². The van der Waals surface area contributed by atoms with Crippen molar-refractivity contribution in [3.63, 3.8) is 0 Å². The molecule has 0 aromatic heterocycles. The third-order valence-electron chi connectivity index (χ3n) is 2.97. The van der Waals surface area contributed by atoms with Gasteiger partial charge in [0.05, 0.1) is 0 Å². The minimum Gasteiger partial charge on any atom is -0.486 e. The summed E-state index contributed by atoms with van der Waals surface area (Å²) < 4.78 is 20.4. The van der Waals surface area contributed by atoms with E-state index in [-0.39, 0.29) is 18.2 Å². The molecule has 0 amide bonds. The van der Waals surface area contributed by atoms with Crippen LogP contribution in [0.2, 0.25) is 5.02 Å². The van der Waals surface area contributed by atoms with Crippen LogP contribution in [-0.2, 0) is 13.2 Å². The number of hydrogen-bond donors (Lipinski definition) is 1. The molecule has 0 bridgehead atoms. The third-order valence-corrected chi connectivity index (χ3v) is 3.82. The van der Waals surface area contributed by atoms with Crippen LogP contribution in [0.4, 0.5) is 4.39 Å². The summed E-state index contributed by atoms with van der Waals surface area (Å²) >= 11 is 9.45. The third kappa shape index (κ3) is 4.70. The average molecular weight is 373 g/mol. The predicted octanol–water partition coefficient (Wildman–Crippen LogP) is 4.93. The highest BCUT2D eigenvalue weighted by Gasteiger charge is 2.07. The molecule has 0 radical (unpaired) electrons. The van der Waals surface area contributed by atoms with E-state index in [1.165, 1.54) is 6.07 Å². The van der Waals surface area contributed by atoms with Crippen LogP contribution in [0, 0.1) is 5.82 Å². The van der Waals surface area contributed by atoms with E-state index in [4.69, 9.17) is 16.3 Å². The number of halogens is 3. The summed E-state index contributed by atoms with van der Waals surface area (Å²) in [4.78, 5) is 0. The van der Waals surface area contributed by atoms with Crippen LogP contribution in [0.5, 0.6) is 5.75 Å².